The first-order chi connectivity index (χ1) is 14.2. The summed E-state index contributed by atoms with van der Waals surface area (Å²) in [4.78, 5) is 19.5. The van der Waals surface area contributed by atoms with Crippen LogP contribution in [0.3, 0.4) is 0 Å². The third-order valence-corrected chi connectivity index (χ3v) is 5.94. The smallest absolute Gasteiger partial charge is 0.230 e. The standard InChI is InChI=1S/C23H25N3O2S/c1-17-5-2-3-8-21(17)25-22(27)14-20-16-29-23(24-20)19-7-4-6-18(13-19)15-26-9-11-28-12-10-26/h2-8,13,16H,9-12,14-15H2,1H3,(H,25,27). The minimum absolute atomic E-state index is 0.0442. The lowest BCUT2D eigenvalue weighted by atomic mass is 10.1. The first-order valence-corrected chi connectivity index (χ1v) is 10.7. The molecular formula is C23H25N3O2S. The van der Waals surface area contributed by atoms with Gasteiger partial charge in [-0.25, -0.2) is 4.98 Å². The van der Waals surface area contributed by atoms with E-state index >= 15 is 0 Å². The van der Waals surface area contributed by atoms with Gasteiger partial charge in [-0.15, -0.1) is 11.3 Å². The third kappa shape index (κ3) is 5.29. The molecule has 1 saturated heterocycles. The SMILES string of the molecule is Cc1ccccc1NC(=O)Cc1csc(-c2cccc(CN3CCOCC3)c2)n1. The van der Waals surface area contributed by atoms with Crippen LogP contribution in [0, 0.1) is 6.92 Å². The monoisotopic (exact) mass is 407 g/mol. The van der Waals surface area contributed by atoms with Gasteiger partial charge in [-0.1, -0.05) is 36.4 Å². The van der Waals surface area contributed by atoms with Crippen LogP contribution >= 0.6 is 11.3 Å². The summed E-state index contributed by atoms with van der Waals surface area (Å²) in [6, 6.07) is 16.3. The Morgan fingerprint density at radius 2 is 2.00 bits per heavy atom. The quantitative estimate of drug-likeness (QED) is 0.668. The summed E-state index contributed by atoms with van der Waals surface area (Å²) < 4.78 is 5.43. The summed E-state index contributed by atoms with van der Waals surface area (Å²) in [5.41, 5.74) is 5.08. The number of carbonyl (C=O) groups excluding carboxylic acids is 1. The summed E-state index contributed by atoms with van der Waals surface area (Å²) >= 11 is 1.58. The van der Waals surface area contributed by atoms with Gasteiger partial charge in [0.15, 0.2) is 0 Å². The predicted molar refractivity (Wildman–Crippen MR) is 117 cm³/mol. The van der Waals surface area contributed by atoms with Crippen molar-refractivity contribution in [3.05, 3.63) is 70.7 Å². The highest BCUT2D eigenvalue weighted by Gasteiger charge is 2.13. The molecule has 1 aromatic heterocycles. The van der Waals surface area contributed by atoms with Gasteiger partial charge in [-0.05, 0) is 30.2 Å². The van der Waals surface area contributed by atoms with Crippen LogP contribution in [-0.2, 0) is 22.5 Å². The molecule has 2 aromatic carbocycles. The molecule has 1 aliphatic rings. The zero-order valence-corrected chi connectivity index (χ0v) is 17.4. The Balaban J connectivity index is 1.40. The Kier molecular flexibility index (Phi) is 6.34. The van der Waals surface area contributed by atoms with Crippen molar-refractivity contribution < 1.29 is 9.53 Å². The van der Waals surface area contributed by atoms with E-state index in [1.54, 1.807) is 11.3 Å². The van der Waals surface area contributed by atoms with Gasteiger partial charge in [0.1, 0.15) is 5.01 Å². The van der Waals surface area contributed by atoms with Gasteiger partial charge in [-0.3, -0.25) is 9.69 Å². The van der Waals surface area contributed by atoms with Crippen molar-refractivity contribution in [1.29, 1.82) is 0 Å². The molecule has 1 N–H and O–H groups in total. The largest absolute Gasteiger partial charge is 0.379 e. The number of morpholine rings is 1. The lowest BCUT2D eigenvalue weighted by molar-refractivity contribution is -0.115. The predicted octanol–water partition coefficient (Wildman–Crippen LogP) is 4.13. The number of anilines is 1. The molecule has 0 atom stereocenters. The molecule has 1 aliphatic heterocycles. The van der Waals surface area contributed by atoms with Gasteiger partial charge >= 0.3 is 0 Å². The van der Waals surface area contributed by atoms with E-state index in [9.17, 15) is 4.79 Å². The maximum Gasteiger partial charge on any atom is 0.230 e. The summed E-state index contributed by atoms with van der Waals surface area (Å²) in [5.74, 6) is -0.0442. The zero-order valence-electron chi connectivity index (χ0n) is 16.6. The van der Waals surface area contributed by atoms with E-state index in [1.807, 2.05) is 36.6 Å². The second-order valence-corrected chi connectivity index (χ2v) is 8.13. The number of para-hydroxylation sites is 1. The average molecular weight is 408 g/mol. The Labute approximate surface area is 175 Å². The summed E-state index contributed by atoms with van der Waals surface area (Å²) in [7, 11) is 0. The zero-order chi connectivity index (χ0) is 20.1. The van der Waals surface area contributed by atoms with Crippen LogP contribution in [0.2, 0.25) is 0 Å². The van der Waals surface area contributed by atoms with Gasteiger partial charge in [-0.2, -0.15) is 0 Å². The van der Waals surface area contributed by atoms with E-state index in [0.717, 1.165) is 60.4 Å². The minimum atomic E-state index is -0.0442. The number of hydrogen-bond donors (Lipinski definition) is 1. The molecule has 29 heavy (non-hydrogen) atoms. The van der Waals surface area contributed by atoms with Crippen molar-refractivity contribution in [2.24, 2.45) is 0 Å². The average Bonchev–Trinajstić information content (AvgIpc) is 3.19. The first kappa shape index (κ1) is 19.8. The van der Waals surface area contributed by atoms with Gasteiger partial charge in [0.05, 0.1) is 25.3 Å². The number of nitrogens with zero attached hydrogens (tertiary/aromatic N) is 2. The van der Waals surface area contributed by atoms with Gasteiger partial charge in [0, 0.05) is 36.3 Å². The maximum atomic E-state index is 12.4. The Morgan fingerprint density at radius 1 is 1.17 bits per heavy atom. The molecule has 1 fully saturated rings. The lowest BCUT2D eigenvalue weighted by Gasteiger charge is -2.26. The van der Waals surface area contributed by atoms with Crippen LogP contribution < -0.4 is 5.32 Å². The molecule has 3 aromatic rings. The Hall–Kier alpha value is -2.54. The normalized spacial score (nSPS) is 14.7. The van der Waals surface area contributed by atoms with Gasteiger partial charge < -0.3 is 10.1 Å². The van der Waals surface area contributed by atoms with E-state index in [1.165, 1.54) is 5.56 Å². The number of amides is 1. The number of hydrogen-bond acceptors (Lipinski definition) is 5. The van der Waals surface area contributed by atoms with Crippen molar-refractivity contribution >= 4 is 22.9 Å². The highest BCUT2D eigenvalue weighted by Crippen LogP contribution is 2.25. The van der Waals surface area contributed by atoms with Gasteiger partial charge in [0.2, 0.25) is 5.91 Å². The fourth-order valence-electron chi connectivity index (χ4n) is 3.41. The molecule has 0 unspecified atom stereocenters. The molecule has 1 amide bonds. The number of aryl methyl sites for hydroxylation is 1. The number of carbonyl (C=O) groups is 1. The molecule has 150 valence electrons. The molecule has 5 nitrogen and oxygen atoms in total. The Morgan fingerprint density at radius 3 is 2.83 bits per heavy atom. The molecule has 4 rings (SSSR count). The molecule has 0 aliphatic carbocycles. The molecule has 0 radical (unpaired) electrons. The third-order valence-electron chi connectivity index (χ3n) is 5.00. The van der Waals surface area contributed by atoms with Crippen molar-refractivity contribution in [3.63, 3.8) is 0 Å². The molecule has 6 heteroatoms. The Bertz CT molecular complexity index is 980. The second-order valence-electron chi connectivity index (χ2n) is 7.27. The van der Waals surface area contributed by atoms with E-state index in [0.29, 0.717) is 0 Å². The fourth-order valence-corrected chi connectivity index (χ4v) is 4.23. The molecular weight excluding hydrogens is 382 g/mol. The number of rotatable bonds is 6. The van der Waals surface area contributed by atoms with Crippen molar-refractivity contribution in [1.82, 2.24) is 9.88 Å². The number of benzene rings is 2. The molecule has 2 heterocycles. The molecule has 0 spiro atoms. The summed E-state index contributed by atoms with van der Waals surface area (Å²) in [5, 5.41) is 5.90. The van der Waals surface area contributed by atoms with E-state index in [4.69, 9.17) is 9.72 Å². The molecule has 0 bridgehead atoms. The minimum Gasteiger partial charge on any atom is -0.379 e. The van der Waals surface area contributed by atoms with Crippen LogP contribution in [0.5, 0.6) is 0 Å². The van der Waals surface area contributed by atoms with Crippen LogP contribution in [0.1, 0.15) is 16.8 Å². The van der Waals surface area contributed by atoms with Crippen molar-refractivity contribution in [2.75, 3.05) is 31.6 Å². The van der Waals surface area contributed by atoms with Crippen LogP contribution in [0.15, 0.2) is 53.9 Å². The number of thiazole rings is 1. The molecule has 0 saturated carbocycles. The van der Waals surface area contributed by atoms with Crippen LogP contribution in [-0.4, -0.2) is 42.1 Å². The van der Waals surface area contributed by atoms with E-state index in [2.05, 4.69) is 34.5 Å². The second kappa shape index (κ2) is 9.31. The van der Waals surface area contributed by atoms with Crippen LogP contribution in [0.4, 0.5) is 5.69 Å². The highest BCUT2D eigenvalue weighted by atomic mass is 32.1. The van der Waals surface area contributed by atoms with Crippen molar-refractivity contribution in [3.8, 4) is 10.6 Å². The summed E-state index contributed by atoms with van der Waals surface area (Å²) in [6.07, 6.45) is 0.276. The van der Waals surface area contributed by atoms with Crippen LogP contribution in [0.25, 0.3) is 10.6 Å². The van der Waals surface area contributed by atoms with E-state index < -0.39 is 0 Å². The van der Waals surface area contributed by atoms with E-state index in [-0.39, 0.29) is 12.3 Å². The highest BCUT2D eigenvalue weighted by molar-refractivity contribution is 7.13. The number of ether oxygens (including phenoxy) is 1. The fraction of sp³-hybridized carbons (Fsp3) is 0.304. The number of nitrogens with one attached hydrogen (secondary N) is 1. The lowest BCUT2D eigenvalue weighted by Crippen LogP contribution is -2.35. The maximum absolute atomic E-state index is 12.4. The number of aromatic nitrogens is 1. The van der Waals surface area contributed by atoms with Gasteiger partial charge in [0.25, 0.3) is 0 Å². The van der Waals surface area contributed by atoms with Crippen molar-refractivity contribution in [2.45, 2.75) is 19.9 Å². The first-order valence-electron chi connectivity index (χ1n) is 9.87. The topological polar surface area (TPSA) is 54.5 Å². The summed E-state index contributed by atoms with van der Waals surface area (Å²) in [6.45, 7) is 6.47.